The van der Waals surface area contributed by atoms with Crippen molar-refractivity contribution in [1.82, 2.24) is 0 Å². The molecule has 1 aromatic heterocycles. The number of ether oxygens (including phenoxy) is 1. The molecule has 3 aromatic rings. The van der Waals surface area contributed by atoms with Crippen LogP contribution in [0.3, 0.4) is 0 Å². The molecular formula is C22H13ClO4. The molecule has 2 aromatic carbocycles. The Labute approximate surface area is 159 Å². The van der Waals surface area contributed by atoms with Crippen LogP contribution in [0.1, 0.15) is 38.7 Å². The average Bonchev–Trinajstić information content (AvgIpc) is 2.93. The summed E-state index contributed by atoms with van der Waals surface area (Å²) in [6, 6.07) is 16.1. The molecule has 1 aliphatic carbocycles. The van der Waals surface area contributed by atoms with E-state index in [-0.39, 0.29) is 5.78 Å². The maximum atomic E-state index is 13.2. The standard InChI is InChI=1S/C22H13ClO4/c1-11-10-16-18(22(25)26-11)17(12-6-8-13(23)9-7-12)19-20(24)14-4-2-3-5-15(14)21(19)27-16/h2-10,17H,1H3. The van der Waals surface area contributed by atoms with E-state index in [4.69, 9.17) is 20.8 Å². The van der Waals surface area contributed by atoms with Crippen LogP contribution in [-0.2, 0) is 0 Å². The Morgan fingerprint density at radius 3 is 2.41 bits per heavy atom. The van der Waals surface area contributed by atoms with Crippen molar-refractivity contribution in [3.05, 3.63) is 104 Å². The van der Waals surface area contributed by atoms with E-state index in [9.17, 15) is 9.59 Å². The smallest absolute Gasteiger partial charge is 0.343 e. The molecule has 0 spiro atoms. The average molecular weight is 377 g/mol. The van der Waals surface area contributed by atoms with E-state index in [0.717, 1.165) is 11.1 Å². The Balaban J connectivity index is 1.83. The molecule has 1 atom stereocenters. The number of carbonyl (C=O) groups is 1. The first-order valence-corrected chi connectivity index (χ1v) is 8.88. The second kappa shape index (κ2) is 5.69. The first kappa shape index (κ1) is 16.1. The maximum absolute atomic E-state index is 13.2. The quantitative estimate of drug-likeness (QED) is 0.616. The third-order valence-corrected chi connectivity index (χ3v) is 5.22. The summed E-state index contributed by atoms with van der Waals surface area (Å²) in [4.78, 5) is 25.9. The topological polar surface area (TPSA) is 56.5 Å². The van der Waals surface area contributed by atoms with Crippen LogP contribution < -0.4 is 10.4 Å². The number of carbonyl (C=O) groups excluding carboxylic acids is 1. The molecule has 5 rings (SSSR count). The molecule has 2 aliphatic rings. The number of ketones is 1. The zero-order valence-electron chi connectivity index (χ0n) is 14.3. The molecule has 0 N–H and O–H groups in total. The predicted molar refractivity (Wildman–Crippen MR) is 101 cm³/mol. The fourth-order valence-electron chi connectivity index (χ4n) is 3.83. The van der Waals surface area contributed by atoms with Crippen LogP contribution in [-0.4, -0.2) is 5.78 Å². The monoisotopic (exact) mass is 376 g/mol. The molecule has 1 unspecified atom stereocenters. The Hall–Kier alpha value is -3.11. The lowest BCUT2D eigenvalue weighted by Gasteiger charge is -2.26. The minimum absolute atomic E-state index is 0.133. The molecule has 132 valence electrons. The van der Waals surface area contributed by atoms with Gasteiger partial charge >= 0.3 is 5.63 Å². The van der Waals surface area contributed by atoms with Gasteiger partial charge in [0.1, 0.15) is 17.3 Å². The molecule has 0 saturated carbocycles. The summed E-state index contributed by atoms with van der Waals surface area (Å²) in [6.07, 6.45) is 0. The fourth-order valence-corrected chi connectivity index (χ4v) is 3.95. The summed E-state index contributed by atoms with van der Waals surface area (Å²) >= 11 is 6.03. The normalized spacial score (nSPS) is 17.3. The van der Waals surface area contributed by atoms with E-state index in [1.54, 1.807) is 31.2 Å². The van der Waals surface area contributed by atoms with Gasteiger partial charge in [-0.1, -0.05) is 48.0 Å². The third kappa shape index (κ3) is 2.30. The largest absolute Gasteiger partial charge is 0.456 e. The van der Waals surface area contributed by atoms with Crippen molar-refractivity contribution in [2.24, 2.45) is 0 Å². The van der Waals surface area contributed by atoms with Crippen molar-refractivity contribution in [2.75, 3.05) is 0 Å². The van der Waals surface area contributed by atoms with Crippen LogP contribution in [0.25, 0.3) is 5.76 Å². The van der Waals surface area contributed by atoms with Crippen LogP contribution in [0.15, 0.2) is 69.4 Å². The Bertz CT molecular complexity index is 1200. The van der Waals surface area contributed by atoms with Gasteiger partial charge in [-0.15, -0.1) is 0 Å². The number of benzene rings is 2. The van der Waals surface area contributed by atoms with Crippen molar-refractivity contribution < 1.29 is 13.9 Å². The molecule has 4 nitrogen and oxygen atoms in total. The highest BCUT2D eigenvalue weighted by Gasteiger charge is 2.43. The summed E-state index contributed by atoms with van der Waals surface area (Å²) < 4.78 is 11.4. The molecule has 1 aliphatic heterocycles. The summed E-state index contributed by atoms with van der Waals surface area (Å²) in [6.45, 7) is 1.69. The molecule has 27 heavy (non-hydrogen) atoms. The highest BCUT2D eigenvalue weighted by Crippen LogP contribution is 2.49. The predicted octanol–water partition coefficient (Wildman–Crippen LogP) is 4.73. The van der Waals surface area contributed by atoms with Gasteiger partial charge < -0.3 is 9.15 Å². The van der Waals surface area contributed by atoms with Gasteiger partial charge in [0.05, 0.1) is 17.1 Å². The maximum Gasteiger partial charge on any atom is 0.343 e. The van der Waals surface area contributed by atoms with Gasteiger partial charge in [0.25, 0.3) is 0 Å². The highest BCUT2D eigenvalue weighted by atomic mass is 35.5. The molecular weight excluding hydrogens is 364 g/mol. The molecule has 0 radical (unpaired) electrons. The first-order chi connectivity index (χ1) is 13.0. The molecule has 0 bridgehead atoms. The highest BCUT2D eigenvalue weighted by molar-refractivity contribution is 6.30. The van der Waals surface area contributed by atoms with Crippen LogP contribution in [0.4, 0.5) is 0 Å². The fraction of sp³-hybridized carbons (Fsp3) is 0.0909. The second-order valence-electron chi connectivity index (χ2n) is 6.63. The summed E-state index contributed by atoms with van der Waals surface area (Å²) in [5.74, 6) is 0.680. The SMILES string of the molecule is Cc1cc2c(c(=O)o1)C(c1ccc(Cl)cc1)C1=C(O2)c2ccccc2C1=O. The van der Waals surface area contributed by atoms with E-state index in [1.165, 1.54) is 0 Å². The molecule has 2 heterocycles. The lowest BCUT2D eigenvalue weighted by Crippen LogP contribution is -2.24. The number of rotatable bonds is 1. The summed E-state index contributed by atoms with van der Waals surface area (Å²) in [7, 11) is 0. The van der Waals surface area contributed by atoms with Gasteiger partial charge in [0.2, 0.25) is 0 Å². The van der Waals surface area contributed by atoms with E-state index in [2.05, 4.69) is 0 Å². The van der Waals surface area contributed by atoms with E-state index >= 15 is 0 Å². The lowest BCUT2D eigenvalue weighted by molar-refractivity contribution is 0.103. The van der Waals surface area contributed by atoms with Crippen molar-refractivity contribution >= 4 is 23.1 Å². The van der Waals surface area contributed by atoms with E-state index in [1.807, 2.05) is 30.3 Å². The van der Waals surface area contributed by atoms with E-state index < -0.39 is 11.5 Å². The first-order valence-electron chi connectivity index (χ1n) is 8.51. The number of hydrogen-bond acceptors (Lipinski definition) is 4. The van der Waals surface area contributed by atoms with Crippen molar-refractivity contribution in [3.8, 4) is 5.75 Å². The number of halogens is 1. The van der Waals surface area contributed by atoms with Gasteiger partial charge in [0.15, 0.2) is 5.78 Å². The molecule has 0 amide bonds. The second-order valence-corrected chi connectivity index (χ2v) is 7.06. The van der Waals surface area contributed by atoms with Crippen molar-refractivity contribution in [1.29, 1.82) is 0 Å². The number of Topliss-reactive ketones (excluding diaryl/α,β-unsaturated/α-hetero) is 1. The van der Waals surface area contributed by atoms with Gasteiger partial charge in [-0.3, -0.25) is 4.79 Å². The van der Waals surface area contributed by atoms with Crippen molar-refractivity contribution in [3.63, 3.8) is 0 Å². The third-order valence-electron chi connectivity index (χ3n) is 4.97. The van der Waals surface area contributed by atoms with Gasteiger partial charge in [-0.25, -0.2) is 4.79 Å². The summed E-state index contributed by atoms with van der Waals surface area (Å²) in [5.41, 5.74) is 2.41. The van der Waals surface area contributed by atoms with Crippen LogP contribution in [0.2, 0.25) is 5.02 Å². The van der Waals surface area contributed by atoms with Gasteiger partial charge in [-0.05, 0) is 24.6 Å². The van der Waals surface area contributed by atoms with E-state index in [0.29, 0.717) is 39.0 Å². The number of hydrogen-bond donors (Lipinski definition) is 0. The van der Waals surface area contributed by atoms with Gasteiger partial charge in [0, 0.05) is 22.2 Å². The van der Waals surface area contributed by atoms with Crippen molar-refractivity contribution in [2.45, 2.75) is 12.8 Å². The zero-order valence-corrected chi connectivity index (χ0v) is 15.0. The Kier molecular flexibility index (Phi) is 3.39. The minimum Gasteiger partial charge on any atom is -0.456 e. The lowest BCUT2D eigenvalue weighted by atomic mass is 9.82. The number of allylic oxidation sites excluding steroid dienone is 1. The van der Waals surface area contributed by atoms with Crippen LogP contribution in [0.5, 0.6) is 5.75 Å². The molecule has 0 saturated heterocycles. The number of fused-ring (bicyclic) bond motifs is 3. The Morgan fingerprint density at radius 2 is 1.67 bits per heavy atom. The summed E-state index contributed by atoms with van der Waals surface area (Å²) in [5, 5.41) is 0.581. The number of aryl methyl sites for hydroxylation is 1. The van der Waals surface area contributed by atoms with Crippen LogP contribution >= 0.6 is 11.6 Å². The Morgan fingerprint density at radius 1 is 0.963 bits per heavy atom. The molecule has 5 heteroatoms. The van der Waals surface area contributed by atoms with Gasteiger partial charge in [-0.2, -0.15) is 0 Å². The molecule has 0 fully saturated rings. The zero-order chi connectivity index (χ0) is 18.7. The van der Waals surface area contributed by atoms with Crippen LogP contribution in [0, 0.1) is 6.92 Å². The minimum atomic E-state index is -0.572.